The fourth-order valence-electron chi connectivity index (χ4n) is 3.24. The van der Waals surface area contributed by atoms with Crippen LogP contribution < -0.4 is 19.5 Å². The molecule has 0 spiro atoms. The molecule has 1 aliphatic carbocycles. The molecule has 2 atom stereocenters. The van der Waals surface area contributed by atoms with Crippen LogP contribution in [0.4, 0.5) is 5.69 Å². The molecule has 0 bridgehead atoms. The Morgan fingerprint density at radius 1 is 1.07 bits per heavy atom. The van der Waals surface area contributed by atoms with Crippen LogP contribution in [0, 0.1) is 5.92 Å². The van der Waals surface area contributed by atoms with E-state index in [4.69, 9.17) is 19.3 Å². The maximum absolute atomic E-state index is 12.6. The monoisotopic (exact) mass is 399 g/mol. The van der Waals surface area contributed by atoms with Crippen LogP contribution in [0.25, 0.3) is 0 Å². The lowest BCUT2D eigenvalue weighted by atomic mass is 10.1. The van der Waals surface area contributed by atoms with Gasteiger partial charge in [0.2, 0.25) is 5.91 Å². The number of carboxylic acids is 1. The minimum Gasteiger partial charge on any atom is -0.497 e. The zero-order valence-electron chi connectivity index (χ0n) is 16.5. The number of carbonyl (C=O) groups excluding carboxylic acids is 1. The summed E-state index contributed by atoms with van der Waals surface area (Å²) in [5.74, 6) is 1.27. The summed E-state index contributed by atoms with van der Waals surface area (Å²) in [7, 11) is 3.23. The summed E-state index contributed by atoms with van der Waals surface area (Å²) in [5, 5.41) is 11.6. The van der Waals surface area contributed by atoms with E-state index >= 15 is 0 Å². The molecule has 0 aromatic heterocycles. The minimum atomic E-state index is -0.836. The van der Waals surface area contributed by atoms with Crippen LogP contribution in [0.15, 0.2) is 42.5 Å². The highest BCUT2D eigenvalue weighted by molar-refractivity contribution is 5.95. The fraction of sp³-hybridized carbons (Fsp3) is 0.364. The van der Waals surface area contributed by atoms with Crippen molar-refractivity contribution in [1.82, 2.24) is 0 Å². The van der Waals surface area contributed by atoms with Crippen LogP contribution in [0.3, 0.4) is 0 Å². The number of carboxylic acid groups (broad SMARTS) is 1. The van der Waals surface area contributed by atoms with Crippen LogP contribution in [0.2, 0.25) is 0 Å². The van der Waals surface area contributed by atoms with E-state index in [2.05, 4.69) is 5.32 Å². The number of benzene rings is 2. The van der Waals surface area contributed by atoms with Gasteiger partial charge in [-0.2, -0.15) is 0 Å². The van der Waals surface area contributed by atoms with Gasteiger partial charge in [-0.1, -0.05) is 0 Å². The van der Waals surface area contributed by atoms with Crippen molar-refractivity contribution in [2.75, 3.05) is 26.1 Å². The topological polar surface area (TPSA) is 94.1 Å². The number of anilines is 1. The smallest absolute Gasteiger partial charge is 0.303 e. The van der Waals surface area contributed by atoms with Gasteiger partial charge in [0.05, 0.1) is 20.8 Å². The van der Waals surface area contributed by atoms with E-state index < -0.39 is 5.97 Å². The first-order chi connectivity index (χ1) is 14.0. The Labute approximate surface area is 169 Å². The third kappa shape index (κ3) is 5.40. The van der Waals surface area contributed by atoms with Crippen molar-refractivity contribution in [2.45, 2.75) is 25.2 Å². The molecule has 7 nitrogen and oxygen atoms in total. The highest BCUT2D eigenvalue weighted by Crippen LogP contribution is 2.51. The summed E-state index contributed by atoms with van der Waals surface area (Å²) in [5.41, 5.74) is 1.67. The number of carbonyl (C=O) groups is 2. The molecule has 2 unspecified atom stereocenters. The minimum absolute atomic E-state index is 0.0324. The molecule has 0 aliphatic heterocycles. The van der Waals surface area contributed by atoms with Crippen LogP contribution in [-0.4, -0.2) is 37.8 Å². The molecule has 2 aromatic carbocycles. The molecule has 1 amide bonds. The summed E-state index contributed by atoms with van der Waals surface area (Å²) in [6.07, 6.45) is 1.29. The molecule has 1 saturated carbocycles. The van der Waals surface area contributed by atoms with E-state index in [-0.39, 0.29) is 24.2 Å². The lowest BCUT2D eigenvalue weighted by Gasteiger charge is -2.11. The average molecular weight is 399 g/mol. The number of nitrogens with one attached hydrogen (secondary N) is 1. The molecule has 0 radical (unpaired) electrons. The molecule has 2 N–H and O–H groups in total. The first-order valence-corrected chi connectivity index (χ1v) is 9.49. The zero-order valence-corrected chi connectivity index (χ0v) is 16.5. The van der Waals surface area contributed by atoms with Crippen molar-refractivity contribution in [3.8, 4) is 17.2 Å². The second-order valence-corrected chi connectivity index (χ2v) is 6.92. The van der Waals surface area contributed by atoms with Gasteiger partial charge in [0.15, 0.2) is 0 Å². The third-order valence-corrected chi connectivity index (χ3v) is 4.89. The highest BCUT2D eigenvalue weighted by atomic mass is 16.5. The molecule has 1 aliphatic rings. The van der Waals surface area contributed by atoms with Crippen LogP contribution in [0.5, 0.6) is 17.2 Å². The molecular formula is C22H25NO6. The lowest BCUT2D eigenvalue weighted by Crippen LogP contribution is -2.14. The quantitative estimate of drug-likeness (QED) is 0.592. The first kappa shape index (κ1) is 20.5. The Hall–Kier alpha value is -3.22. The number of rotatable bonds is 10. The van der Waals surface area contributed by atoms with Gasteiger partial charge in [0.25, 0.3) is 0 Å². The van der Waals surface area contributed by atoms with Crippen molar-refractivity contribution in [3.05, 3.63) is 48.0 Å². The van der Waals surface area contributed by atoms with E-state index in [1.807, 2.05) is 18.2 Å². The second kappa shape index (κ2) is 9.32. The van der Waals surface area contributed by atoms with Crippen molar-refractivity contribution in [2.24, 2.45) is 5.92 Å². The number of aliphatic carboxylic acids is 1. The fourth-order valence-corrected chi connectivity index (χ4v) is 3.24. The Kier molecular flexibility index (Phi) is 6.59. The Morgan fingerprint density at radius 3 is 2.45 bits per heavy atom. The summed E-state index contributed by atoms with van der Waals surface area (Å²) in [6.45, 7) is 0.337. The molecule has 29 heavy (non-hydrogen) atoms. The second-order valence-electron chi connectivity index (χ2n) is 6.92. The van der Waals surface area contributed by atoms with Gasteiger partial charge in [-0.3, -0.25) is 9.59 Å². The van der Waals surface area contributed by atoms with Crippen LogP contribution in [0.1, 0.15) is 30.7 Å². The predicted molar refractivity (Wildman–Crippen MR) is 108 cm³/mol. The standard InChI is InChI=1S/C22H25NO6/c1-27-16-9-10-20(28-2)18(12-16)17-13-19(17)22(26)23-14-5-7-15(8-6-14)29-11-3-4-21(24)25/h5-10,12,17,19H,3-4,11,13H2,1-2H3,(H,23,26)(H,24,25). The van der Waals surface area contributed by atoms with Gasteiger partial charge in [-0.25, -0.2) is 0 Å². The molecule has 154 valence electrons. The lowest BCUT2D eigenvalue weighted by molar-refractivity contribution is -0.137. The SMILES string of the molecule is COc1ccc(OC)c(C2CC2C(=O)Nc2ccc(OCCCC(=O)O)cc2)c1. The maximum atomic E-state index is 12.6. The molecule has 0 saturated heterocycles. The van der Waals surface area contributed by atoms with E-state index in [1.165, 1.54) is 0 Å². The maximum Gasteiger partial charge on any atom is 0.303 e. The van der Waals surface area contributed by atoms with Crippen molar-refractivity contribution < 1.29 is 28.9 Å². The van der Waals surface area contributed by atoms with Gasteiger partial charge in [0, 0.05) is 29.5 Å². The van der Waals surface area contributed by atoms with Gasteiger partial charge in [-0.05, 0) is 55.3 Å². The van der Waals surface area contributed by atoms with E-state index in [1.54, 1.807) is 38.5 Å². The van der Waals surface area contributed by atoms with Gasteiger partial charge < -0.3 is 24.6 Å². The summed E-state index contributed by atoms with van der Waals surface area (Å²) < 4.78 is 16.2. The Bertz CT molecular complexity index is 864. The van der Waals surface area contributed by atoms with E-state index in [0.29, 0.717) is 24.5 Å². The number of methoxy groups -OCH3 is 2. The zero-order chi connectivity index (χ0) is 20.8. The highest BCUT2D eigenvalue weighted by Gasteiger charge is 2.45. The van der Waals surface area contributed by atoms with Crippen molar-refractivity contribution in [3.63, 3.8) is 0 Å². The number of hydrogen-bond donors (Lipinski definition) is 2. The van der Waals surface area contributed by atoms with Gasteiger partial charge in [-0.15, -0.1) is 0 Å². The third-order valence-electron chi connectivity index (χ3n) is 4.89. The van der Waals surface area contributed by atoms with E-state index in [0.717, 1.165) is 23.5 Å². The predicted octanol–water partition coefficient (Wildman–Crippen LogP) is 3.69. The van der Waals surface area contributed by atoms with E-state index in [9.17, 15) is 9.59 Å². The molecule has 2 aromatic rings. The summed E-state index contributed by atoms with van der Waals surface area (Å²) >= 11 is 0. The summed E-state index contributed by atoms with van der Waals surface area (Å²) in [6, 6.07) is 12.7. The number of amides is 1. The average Bonchev–Trinajstić information content (AvgIpc) is 3.52. The first-order valence-electron chi connectivity index (χ1n) is 9.49. The van der Waals surface area contributed by atoms with Crippen LogP contribution in [-0.2, 0) is 9.59 Å². The Balaban J connectivity index is 1.53. The number of ether oxygens (including phenoxy) is 3. The molecule has 0 heterocycles. The number of hydrogen-bond acceptors (Lipinski definition) is 5. The van der Waals surface area contributed by atoms with Crippen molar-refractivity contribution >= 4 is 17.6 Å². The largest absolute Gasteiger partial charge is 0.497 e. The molecule has 1 fully saturated rings. The van der Waals surface area contributed by atoms with Gasteiger partial charge >= 0.3 is 5.97 Å². The normalized spacial score (nSPS) is 17.3. The van der Waals surface area contributed by atoms with Gasteiger partial charge in [0.1, 0.15) is 17.2 Å². The van der Waals surface area contributed by atoms with Crippen LogP contribution >= 0.6 is 0 Å². The summed E-state index contributed by atoms with van der Waals surface area (Å²) in [4.78, 5) is 23.1. The molecule has 7 heteroatoms. The Morgan fingerprint density at radius 2 is 1.79 bits per heavy atom. The molecular weight excluding hydrogens is 374 g/mol. The van der Waals surface area contributed by atoms with Crippen molar-refractivity contribution in [1.29, 1.82) is 0 Å². The molecule has 3 rings (SSSR count).